The molecule has 3 aromatic carbocycles. The van der Waals surface area contributed by atoms with E-state index in [1.165, 1.54) is 6.92 Å². The summed E-state index contributed by atoms with van der Waals surface area (Å²) in [5.41, 5.74) is 8.82. The first-order chi connectivity index (χ1) is 19.7. The molecule has 1 aliphatic rings. The van der Waals surface area contributed by atoms with Crippen molar-refractivity contribution in [3.63, 3.8) is 0 Å². The zero-order valence-electron chi connectivity index (χ0n) is 23.6. The van der Waals surface area contributed by atoms with Crippen LogP contribution in [0, 0.1) is 0 Å². The number of benzene rings is 3. The van der Waals surface area contributed by atoms with E-state index in [-0.39, 0.29) is 23.6 Å². The lowest BCUT2D eigenvalue weighted by Crippen LogP contribution is -2.55. The van der Waals surface area contributed by atoms with Gasteiger partial charge in [-0.15, -0.1) is 0 Å². The van der Waals surface area contributed by atoms with E-state index < -0.39 is 5.41 Å². The van der Waals surface area contributed by atoms with E-state index in [1.807, 2.05) is 60.7 Å². The fraction of sp³-hybridized carbons (Fsp3) is 0.344. The van der Waals surface area contributed by atoms with Crippen molar-refractivity contribution in [3.8, 4) is 0 Å². The van der Waals surface area contributed by atoms with E-state index >= 15 is 0 Å². The molecular weight excluding hydrogens is 559 g/mol. The van der Waals surface area contributed by atoms with Gasteiger partial charge in [-0.3, -0.25) is 25.2 Å². The predicted octanol–water partition coefficient (Wildman–Crippen LogP) is 5.79. The molecule has 1 fully saturated rings. The van der Waals surface area contributed by atoms with Crippen LogP contribution in [0.15, 0.2) is 66.7 Å². The Labute approximate surface area is 251 Å². The zero-order chi connectivity index (χ0) is 29.6. The van der Waals surface area contributed by atoms with Crippen molar-refractivity contribution in [2.75, 3.05) is 25.0 Å². The van der Waals surface area contributed by atoms with Gasteiger partial charge in [-0.25, -0.2) is 0 Å². The number of piperidine rings is 1. The number of carbonyl (C=O) groups is 3. The summed E-state index contributed by atoms with van der Waals surface area (Å²) in [7, 11) is 1.64. The number of nitrogens with one attached hydrogen (secondary N) is 3. The fourth-order valence-corrected chi connectivity index (χ4v) is 6.05. The molecule has 0 aromatic heterocycles. The molecule has 1 saturated heterocycles. The van der Waals surface area contributed by atoms with Crippen LogP contribution >= 0.6 is 23.2 Å². The molecule has 3 aromatic rings. The van der Waals surface area contributed by atoms with Gasteiger partial charge in [0.15, 0.2) is 0 Å². The molecule has 0 aliphatic carbocycles. The van der Waals surface area contributed by atoms with E-state index in [4.69, 9.17) is 23.2 Å². The summed E-state index contributed by atoms with van der Waals surface area (Å²) in [5.74, 6) is -0.590. The van der Waals surface area contributed by atoms with Gasteiger partial charge in [-0.2, -0.15) is 0 Å². The maximum atomic E-state index is 13.5. The van der Waals surface area contributed by atoms with Crippen molar-refractivity contribution in [1.82, 2.24) is 16.2 Å². The summed E-state index contributed by atoms with van der Waals surface area (Å²) in [4.78, 5) is 40.3. The third-order valence-electron chi connectivity index (χ3n) is 8.05. The highest BCUT2D eigenvalue weighted by Crippen LogP contribution is 2.40. The van der Waals surface area contributed by atoms with Crippen molar-refractivity contribution < 1.29 is 14.4 Å². The molecule has 4 rings (SSSR count). The SMILES string of the molecule is CCC(Cc1c(C(=O)NC)cccc1N1CCC(C(=O)NNC(C)=O)(c2ccccc2)CC1)c1ccc(Cl)c(Cl)c1. The Hall–Kier alpha value is -3.55. The highest BCUT2D eigenvalue weighted by Gasteiger charge is 2.43. The van der Waals surface area contributed by atoms with Gasteiger partial charge in [0.05, 0.1) is 15.5 Å². The highest BCUT2D eigenvalue weighted by atomic mass is 35.5. The van der Waals surface area contributed by atoms with E-state index in [0.717, 1.165) is 28.8 Å². The summed E-state index contributed by atoms with van der Waals surface area (Å²) in [6.45, 7) is 4.67. The van der Waals surface area contributed by atoms with Gasteiger partial charge in [0, 0.05) is 38.3 Å². The van der Waals surface area contributed by atoms with Gasteiger partial charge >= 0.3 is 0 Å². The Bertz CT molecular complexity index is 1410. The van der Waals surface area contributed by atoms with Crippen molar-refractivity contribution in [2.45, 2.75) is 50.9 Å². The summed E-state index contributed by atoms with van der Waals surface area (Å²) in [6.07, 6.45) is 2.56. The molecule has 9 heteroatoms. The normalized spacial score (nSPS) is 15.1. The maximum Gasteiger partial charge on any atom is 0.251 e. The molecule has 41 heavy (non-hydrogen) atoms. The Morgan fingerprint density at radius 2 is 1.63 bits per heavy atom. The third kappa shape index (κ3) is 6.68. The Morgan fingerprint density at radius 3 is 2.24 bits per heavy atom. The molecule has 3 N–H and O–H groups in total. The summed E-state index contributed by atoms with van der Waals surface area (Å²) in [6, 6.07) is 21.2. The summed E-state index contributed by atoms with van der Waals surface area (Å²) >= 11 is 12.5. The Morgan fingerprint density at radius 1 is 0.927 bits per heavy atom. The van der Waals surface area contributed by atoms with E-state index in [0.29, 0.717) is 48.0 Å². The number of nitrogens with zero attached hydrogens (tertiary/aromatic N) is 1. The molecular formula is C32H36Cl2N4O3. The lowest BCUT2D eigenvalue weighted by atomic mass is 9.72. The van der Waals surface area contributed by atoms with Gasteiger partial charge in [0.25, 0.3) is 5.91 Å². The molecule has 7 nitrogen and oxygen atoms in total. The van der Waals surface area contributed by atoms with Crippen LogP contribution in [0.1, 0.15) is 66.1 Å². The molecule has 1 heterocycles. The first-order valence-electron chi connectivity index (χ1n) is 13.9. The minimum absolute atomic E-state index is 0.117. The van der Waals surface area contributed by atoms with Crippen LogP contribution in [0.4, 0.5) is 5.69 Å². The average molecular weight is 596 g/mol. The topological polar surface area (TPSA) is 90.5 Å². The van der Waals surface area contributed by atoms with Gasteiger partial charge in [0.2, 0.25) is 11.8 Å². The lowest BCUT2D eigenvalue weighted by molar-refractivity contribution is -0.132. The Kier molecular flexibility index (Phi) is 9.94. The number of hydrogen-bond acceptors (Lipinski definition) is 4. The number of amides is 3. The molecule has 0 saturated carbocycles. The van der Waals surface area contributed by atoms with Crippen molar-refractivity contribution in [3.05, 3.63) is 99.0 Å². The maximum absolute atomic E-state index is 13.5. The highest BCUT2D eigenvalue weighted by molar-refractivity contribution is 6.42. The predicted molar refractivity (Wildman–Crippen MR) is 165 cm³/mol. The number of halogens is 2. The third-order valence-corrected chi connectivity index (χ3v) is 8.79. The standard InChI is InChI=1S/C32H36Cl2N4O3/c1-4-22(23-13-14-27(33)28(34)20-23)19-26-25(30(40)35-3)11-8-12-29(26)38-17-15-32(16-18-38,24-9-6-5-7-10-24)31(41)37-36-21(2)39/h5-14,20,22H,4,15-19H2,1-3H3,(H,35,40)(H,36,39)(H,37,41). The second-order valence-corrected chi connectivity index (χ2v) is 11.3. The van der Waals surface area contributed by atoms with Gasteiger partial charge < -0.3 is 10.2 Å². The van der Waals surface area contributed by atoms with E-state index in [1.54, 1.807) is 7.05 Å². The van der Waals surface area contributed by atoms with Crippen LogP contribution in [0.2, 0.25) is 10.0 Å². The Balaban J connectivity index is 1.68. The second kappa shape index (κ2) is 13.4. The van der Waals surface area contributed by atoms with Crippen molar-refractivity contribution >= 4 is 46.6 Å². The number of hydrazine groups is 1. The van der Waals surface area contributed by atoms with Crippen LogP contribution in [0.5, 0.6) is 0 Å². The number of rotatable bonds is 8. The van der Waals surface area contributed by atoms with Crippen molar-refractivity contribution in [1.29, 1.82) is 0 Å². The quantitative estimate of drug-likeness (QED) is 0.288. The molecule has 1 unspecified atom stereocenters. The van der Waals surface area contributed by atoms with Gasteiger partial charge in [-0.1, -0.05) is 72.6 Å². The molecule has 0 radical (unpaired) electrons. The number of anilines is 1. The molecule has 0 bridgehead atoms. The molecule has 1 aliphatic heterocycles. The lowest BCUT2D eigenvalue weighted by Gasteiger charge is -2.42. The molecule has 1 atom stereocenters. The minimum atomic E-state index is -0.801. The van der Waals surface area contributed by atoms with Crippen LogP contribution in [-0.2, 0) is 21.4 Å². The average Bonchev–Trinajstić information content (AvgIpc) is 3.00. The monoisotopic (exact) mass is 594 g/mol. The van der Waals surface area contributed by atoms with E-state index in [2.05, 4.69) is 34.1 Å². The fourth-order valence-electron chi connectivity index (χ4n) is 5.74. The largest absolute Gasteiger partial charge is 0.371 e. The molecule has 3 amide bonds. The number of hydrogen-bond donors (Lipinski definition) is 3. The van der Waals surface area contributed by atoms with Crippen LogP contribution < -0.4 is 21.1 Å². The van der Waals surface area contributed by atoms with E-state index in [9.17, 15) is 14.4 Å². The summed E-state index contributed by atoms with van der Waals surface area (Å²) < 4.78 is 0. The minimum Gasteiger partial charge on any atom is -0.371 e. The summed E-state index contributed by atoms with van der Waals surface area (Å²) in [5, 5.41) is 3.81. The first kappa shape index (κ1) is 30.4. The molecule has 216 valence electrons. The van der Waals surface area contributed by atoms with Crippen LogP contribution in [-0.4, -0.2) is 37.9 Å². The smallest absolute Gasteiger partial charge is 0.251 e. The van der Waals surface area contributed by atoms with Gasteiger partial charge in [0.1, 0.15) is 0 Å². The zero-order valence-corrected chi connectivity index (χ0v) is 25.1. The number of carbonyl (C=O) groups excluding carboxylic acids is 3. The van der Waals surface area contributed by atoms with Crippen LogP contribution in [0.3, 0.4) is 0 Å². The van der Waals surface area contributed by atoms with Crippen molar-refractivity contribution in [2.24, 2.45) is 0 Å². The molecule has 0 spiro atoms. The first-order valence-corrected chi connectivity index (χ1v) is 14.6. The van der Waals surface area contributed by atoms with Crippen LogP contribution in [0.25, 0.3) is 0 Å². The van der Waals surface area contributed by atoms with Gasteiger partial charge in [-0.05, 0) is 72.6 Å². The second-order valence-electron chi connectivity index (χ2n) is 10.4.